The smallest absolute Gasteiger partial charge is 0.255 e. The minimum atomic E-state index is -0.127. The Hall–Kier alpha value is -2.99. The molecule has 1 aliphatic rings. The maximum atomic E-state index is 12.8. The highest BCUT2D eigenvalue weighted by atomic mass is 35.5. The molecule has 0 saturated carbocycles. The van der Waals surface area contributed by atoms with Gasteiger partial charge in [0, 0.05) is 29.7 Å². The van der Waals surface area contributed by atoms with E-state index in [0.29, 0.717) is 17.1 Å². The third-order valence-corrected chi connectivity index (χ3v) is 5.19. The van der Waals surface area contributed by atoms with Crippen LogP contribution in [-0.4, -0.2) is 42.3 Å². The molecule has 0 radical (unpaired) electrons. The molecule has 0 spiro atoms. The monoisotopic (exact) mass is 396 g/mol. The number of halogens is 1. The zero-order chi connectivity index (χ0) is 19.5. The van der Waals surface area contributed by atoms with Gasteiger partial charge in [-0.15, -0.1) is 0 Å². The second kappa shape index (κ2) is 7.94. The summed E-state index contributed by atoms with van der Waals surface area (Å²) in [5, 5.41) is 10.8. The Morgan fingerprint density at radius 2 is 2.11 bits per heavy atom. The maximum Gasteiger partial charge on any atom is 0.255 e. The van der Waals surface area contributed by atoms with Gasteiger partial charge in [-0.2, -0.15) is 5.10 Å². The van der Waals surface area contributed by atoms with Crippen molar-refractivity contribution in [3.8, 4) is 17.0 Å². The van der Waals surface area contributed by atoms with E-state index in [0.717, 1.165) is 35.7 Å². The quantitative estimate of drug-likeness (QED) is 0.689. The van der Waals surface area contributed by atoms with Gasteiger partial charge in [-0.25, -0.2) is 0 Å². The van der Waals surface area contributed by atoms with Crippen molar-refractivity contribution in [2.24, 2.45) is 0 Å². The number of carbonyl (C=O) groups is 1. The molecule has 0 aliphatic carbocycles. The van der Waals surface area contributed by atoms with Gasteiger partial charge >= 0.3 is 0 Å². The van der Waals surface area contributed by atoms with Crippen LogP contribution in [0.15, 0.2) is 54.7 Å². The molecule has 1 aliphatic heterocycles. The Morgan fingerprint density at radius 1 is 1.29 bits per heavy atom. The molecule has 1 fully saturated rings. The summed E-state index contributed by atoms with van der Waals surface area (Å²) in [5.74, 6) is 0.648. The van der Waals surface area contributed by atoms with Gasteiger partial charge in [0.25, 0.3) is 5.91 Å². The number of nitrogens with one attached hydrogen (secondary N) is 2. The zero-order valence-corrected chi connectivity index (χ0v) is 16.2. The number of aromatic nitrogens is 2. The minimum absolute atomic E-state index is 0.0368. The molecule has 1 saturated heterocycles. The van der Waals surface area contributed by atoms with Crippen LogP contribution < -0.4 is 15.0 Å². The van der Waals surface area contributed by atoms with Gasteiger partial charge in [0.2, 0.25) is 0 Å². The summed E-state index contributed by atoms with van der Waals surface area (Å²) in [6, 6.07) is 15.3. The molecular formula is C21H21ClN4O2. The average Bonchev–Trinajstić information content (AvgIpc) is 3.38. The molecule has 2 N–H and O–H groups in total. The fourth-order valence-corrected chi connectivity index (χ4v) is 3.72. The van der Waals surface area contributed by atoms with Gasteiger partial charge in [0.1, 0.15) is 5.75 Å². The highest BCUT2D eigenvalue weighted by Gasteiger charge is 2.27. The van der Waals surface area contributed by atoms with Gasteiger partial charge in [0.05, 0.1) is 30.3 Å². The van der Waals surface area contributed by atoms with Crippen molar-refractivity contribution in [2.75, 3.05) is 25.1 Å². The van der Waals surface area contributed by atoms with Crippen LogP contribution in [0.25, 0.3) is 11.3 Å². The van der Waals surface area contributed by atoms with Crippen molar-refractivity contribution in [3.63, 3.8) is 0 Å². The van der Waals surface area contributed by atoms with Crippen LogP contribution >= 0.6 is 11.6 Å². The molecule has 144 valence electrons. The fraction of sp³-hybridized carbons (Fsp3) is 0.238. The van der Waals surface area contributed by atoms with E-state index in [1.165, 1.54) is 0 Å². The van der Waals surface area contributed by atoms with Crippen molar-refractivity contribution >= 4 is 23.2 Å². The van der Waals surface area contributed by atoms with E-state index in [1.807, 2.05) is 48.5 Å². The van der Waals surface area contributed by atoms with Crippen LogP contribution in [0.3, 0.4) is 0 Å². The SMILES string of the molecule is COc1ccc(Cl)cc1N1CCC(NC(=O)c2cn[nH]c2-c2ccccc2)C1. The lowest BCUT2D eigenvalue weighted by molar-refractivity contribution is 0.0941. The molecule has 0 bridgehead atoms. The number of benzene rings is 2. The van der Waals surface area contributed by atoms with E-state index in [1.54, 1.807) is 13.3 Å². The number of anilines is 1. The first-order chi connectivity index (χ1) is 13.7. The molecule has 1 atom stereocenters. The summed E-state index contributed by atoms with van der Waals surface area (Å²) in [5.41, 5.74) is 3.15. The third-order valence-electron chi connectivity index (χ3n) is 4.95. The van der Waals surface area contributed by atoms with Crippen molar-refractivity contribution in [1.82, 2.24) is 15.5 Å². The van der Waals surface area contributed by atoms with Gasteiger partial charge in [0.15, 0.2) is 0 Å². The summed E-state index contributed by atoms with van der Waals surface area (Å²) in [4.78, 5) is 15.0. The molecule has 3 aromatic rings. The molecule has 2 heterocycles. The summed E-state index contributed by atoms with van der Waals surface area (Å²) in [7, 11) is 1.64. The van der Waals surface area contributed by atoms with E-state index in [-0.39, 0.29) is 11.9 Å². The summed E-state index contributed by atoms with van der Waals surface area (Å²) >= 11 is 6.15. The van der Waals surface area contributed by atoms with Crippen molar-refractivity contribution in [3.05, 3.63) is 65.3 Å². The summed E-state index contributed by atoms with van der Waals surface area (Å²) in [6.07, 6.45) is 2.42. The van der Waals surface area contributed by atoms with Gasteiger partial charge in [-0.05, 0) is 24.6 Å². The molecule has 6 nitrogen and oxygen atoms in total. The molecular weight excluding hydrogens is 376 g/mol. The van der Waals surface area contributed by atoms with Gasteiger partial charge < -0.3 is 15.0 Å². The number of amides is 1. The third kappa shape index (κ3) is 3.68. The van der Waals surface area contributed by atoms with Crippen molar-refractivity contribution in [1.29, 1.82) is 0 Å². The van der Waals surface area contributed by atoms with Crippen LogP contribution in [0.1, 0.15) is 16.8 Å². The number of carbonyl (C=O) groups excluding carboxylic acids is 1. The lowest BCUT2D eigenvalue weighted by Crippen LogP contribution is -2.37. The highest BCUT2D eigenvalue weighted by molar-refractivity contribution is 6.31. The number of rotatable bonds is 5. The van der Waals surface area contributed by atoms with Gasteiger partial charge in [-0.1, -0.05) is 41.9 Å². The normalized spacial score (nSPS) is 16.2. The van der Waals surface area contributed by atoms with E-state index in [4.69, 9.17) is 16.3 Å². The number of aromatic amines is 1. The molecule has 7 heteroatoms. The van der Waals surface area contributed by atoms with Crippen molar-refractivity contribution in [2.45, 2.75) is 12.5 Å². The molecule has 1 aromatic heterocycles. The van der Waals surface area contributed by atoms with Crippen molar-refractivity contribution < 1.29 is 9.53 Å². The minimum Gasteiger partial charge on any atom is -0.495 e. The number of ether oxygens (including phenoxy) is 1. The summed E-state index contributed by atoms with van der Waals surface area (Å²) < 4.78 is 5.45. The Bertz CT molecular complexity index is 974. The Labute approximate surface area is 168 Å². The first-order valence-corrected chi connectivity index (χ1v) is 9.51. The molecule has 28 heavy (non-hydrogen) atoms. The number of H-pyrrole nitrogens is 1. The van der Waals surface area contributed by atoms with Crippen LogP contribution in [0.4, 0.5) is 5.69 Å². The van der Waals surface area contributed by atoms with Crippen LogP contribution in [0.5, 0.6) is 5.75 Å². The standard InChI is InChI=1S/C21H21ClN4O2/c1-28-19-8-7-15(22)11-18(19)26-10-9-16(13-26)24-21(27)17-12-23-25-20(17)14-5-3-2-4-6-14/h2-8,11-12,16H,9-10,13H2,1H3,(H,23,25)(H,24,27). The van der Waals surface area contributed by atoms with Crippen LogP contribution in [0, 0.1) is 0 Å². The average molecular weight is 397 g/mol. The molecule has 4 rings (SSSR count). The topological polar surface area (TPSA) is 70.2 Å². The second-order valence-corrected chi connectivity index (χ2v) is 7.18. The van der Waals surface area contributed by atoms with E-state index in [2.05, 4.69) is 20.4 Å². The Morgan fingerprint density at radius 3 is 2.89 bits per heavy atom. The fourth-order valence-electron chi connectivity index (χ4n) is 3.55. The van der Waals surface area contributed by atoms with E-state index >= 15 is 0 Å². The second-order valence-electron chi connectivity index (χ2n) is 6.75. The van der Waals surface area contributed by atoms with Gasteiger partial charge in [-0.3, -0.25) is 9.89 Å². The predicted octanol–water partition coefficient (Wildman–Crippen LogP) is 3.75. The maximum absolute atomic E-state index is 12.8. The predicted molar refractivity (Wildman–Crippen MR) is 110 cm³/mol. The largest absolute Gasteiger partial charge is 0.495 e. The number of hydrogen-bond acceptors (Lipinski definition) is 4. The van der Waals surface area contributed by atoms with E-state index < -0.39 is 0 Å². The lowest BCUT2D eigenvalue weighted by atomic mass is 10.1. The first-order valence-electron chi connectivity index (χ1n) is 9.14. The Balaban J connectivity index is 1.47. The number of hydrogen-bond donors (Lipinski definition) is 2. The van der Waals surface area contributed by atoms with E-state index in [9.17, 15) is 4.79 Å². The number of nitrogens with zero attached hydrogens (tertiary/aromatic N) is 2. The summed E-state index contributed by atoms with van der Waals surface area (Å²) in [6.45, 7) is 1.51. The van der Waals surface area contributed by atoms with Crippen LogP contribution in [-0.2, 0) is 0 Å². The first kappa shape index (κ1) is 18.4. The molecule has 2 aromatic carbocycles. The lowest BCUT2D eigenvalue weighted by Gasteiger charge is -2.21. The highest BCUT2D eigenvalue weighted by Crippen LogP contribution is 2.33. The Kier molecular flexibility index (Phi) is 5.21. The molecule has 1 unspecified atom stereocenters. The van der Waals surface area contributed by atoms with Crippen LogP contribution in [0.2, 0.25) is 5.02 Å². The zero-order valence-electron chi connectivity index (χ0n) is 15.5. The molecule has 1 amide bonds. The number of methoxy groups -OCH3 is 1.